The fourth-order valence-electron chi connectivity index (χ4n) is 2.84. The molecule has 132 valence electrons. The molecule has 1 N–H and O–H groups in total. The molecule has 1 saturated heterocycles. The number of piperidine rings is 1. The molecule has 25 heavy (non-hydrogen) atoms. The van der Waals surface area contributed by atoms with Crippen LogP contribution in [-0.4, -0.2) is 42.5 Å². The largest absolute Gasteiger partial charge is 0.484 e. The molecule has 0 atom stereocenters. The van der Waals surface area contributed by atoms with Gasteiger partial charge in [-0.15, -0.1) is 11.3 Å². The first-order valence-corrected chi connectivity index (χ1v) is 9.31. The van der Waals surface area contributed by atoms with Crippen LogP contribution in [0.5, 0.6) is 5.75 Å². The molecule has 1 fully saturated rings. The SMILES string of the molecule is Cc1ccc(OCC(=O)NC2CCN(C(=O)c3cccs3)CC2)cc1. The van der Waals surface area contributed by atoms with E-state index in [1.54, 1.807) is 0 Å². The summed E-state index contributed by atoms with van der Waals surface area (Å²) in [6, 6.07) is 11.5. The van der Waals surface area contributed by atoms with E-state index in [0.717, 1.165) is 23.3 Å². The van der Waals surface area contributed by atoms with E-state index in [4.69, 9.17) is 4.74 Å². The molecular weight excluding hydrogens is 336 g/mol. The van der Waals surface area contributed by atoms with Crippen molar-refractivity contribution in [1.29, 1.82) is 0 Å². The zero-order valence-corrected chi connectivity index (χ0v) is 15.1. The Hall–Kier alpha value is -2.34. The van der Waals surface area contributed by atoms with Crippen molar-refractivity contribution in [2.75, 3.05) is 19.7 Å². The number of thiophene rings is 1. The third-order valence-corrected chi connectivity index (χ3v) is 5.13. The second-order valence-corrected chi connectivity index (χ2v) is 7.16. The highest BCUT2D eigenvalue weighted by atomic mass is 32.1. The molecule has 5 nitrogen and oxygen atoms in total. The van der Waals surface area contributed by atoms with Crippen LogP contribution in [0.15, 0.2) is 41.8 Å². The van der Waals surface area contributed by atoms with Crippen molar-refractivity contribution >= 4 is 23.2 Å². The van der Waals surface area contributed by atoms with E-state index in [0.29, 0.717) is 18.8 Å². The van der Waals surface area contributed by atoms with E-state index in [1.165, 1.54) is 11.3 Å². The predicted octanol–water partition coefficient (Wildman–Crippen LogP) is 2.86. The van der Waals surface area contributed by atoms with Gasteiger partial charge in [0.25, 0.3) is 11.8 Å². The highest BCUT2D eigenvalue weighted by Gasteiger charge is 2.25. The molecule has 2 amide bonds. The summed E-state index contributed by atoms with van der Waals surface area (Å²) in [5, 5.41) is 4.91. The normalized spacial score (nSPS) is 15.0. The first kappa shape index (κ1) is 17.5. The smallest absolute Gasteiger partial charge is 0.263 e. The number of aryl methyl sites for hydroxylation is 1. The van der Waals surface area contributed by atoms with E-state index < -0.39 is 0 Å². The van der Waals surface area contributed by atoms with Gasteiger partial charge in [0.05, 0.1) is 4.88 Å². The molecule has 1 aromatic carbocycles. The maximum Gasteiger partial charge on any atom is 0.263 e. The van der Waals surface area contributed by atoms with Gasteiger partial charge >= 0.3 is 0 Å². The summed E-state index contributed by atoms with van der Waals surface area (Å²) >= 11 is 1.46. The minimum atomic E-state index is -0.122. The summed E-state index contributed by atoms with van der Waals surface area (Å²) in [7, 11) is 0. The Morgan fingerprint density at radius 3 is 2.56 bits per heavy atom. The van der Waals surface area contributed by atoms with E-state index in [1.807, 2.05) is 53.6 Å². The molecule has 2 aromatic rings. The van der Waals surface area contributed by atoms with Crippen LogP contribution in [0.3, 0.4) is 0 Å². The number of nitrogens with one attached hydrogen (secondary N) is 1. The summed E-state index contributed by atoms with van der Waals surface area (Å²) in [4.78, 5) is 27.0. The second kappa shape index (κ2) is 8.16. The van der Waals surface area contributed by atoms with Crippen molar-refractivity contribution in [3.8, 4) is 5.75 Å². The number of carbonyl (C=O) groups is 2. The van der Waals surface area contributed by atoms with Crippen LogP contribution in [0.2, 0.25) is 0 Å². The molecule has 0 aliphatic carbocycles. The molecule has 1 aliphatic rings. The number of rotatable bonds is 5. The van der Waals surface area contributed by atoms with E-state index in [9.17, 15) is 9.59 Å². The summed E-state index contributed by atoms with van der Waals surface area (Å²) < 4.78 is 5.50. The van der Waals surface area contributed by atoms with Gasteiger partial charge in [-0.25, -0.2) is 0 Å². The van der Waals surface area contributed by atoms with Crippen molar-refractivity contribution in [3.63, 3.8) is 0 Å². The van der Waals surface area contributed by atoms with E-state index in [-0.39, 0.29) is 24.5 Å². The molecule has 0 saturated carbocycles. The lowest BCUT2D eigenvalue weighted by molar-refractivity contribution is -0.124. The van der Waals surface area contributed by atoms with Crippen LogP contribution in [0.25, 0.3) is 0 Å². The van der Waals surface area contributed by atoms with Crippen LogP contribution in [0.4, 0.5) is 0 Å². The zero-order chi connectivity index (χ0) is 17.6. The van der Waals surface area contributed by atoms with Crippen molar-refractivity contribution in [3.05, 3.63) is 52.2 Å². The molecule has 0 bridgehead atoms. The number of carbonyl (C=O) groups excluding carboxylic acids is 2. The Morgan fingerprint density at radius 1 is 1.20 bits per heavy atom. The highest BCUT2D eigenvalue weighted by Crippen LogP contribution is 2.17. The second-order valence-electron chi connectivity index (χ2n) is 6.21. The summed E-state index contributed by atoms with van der Waals surface area (Å²) in [5.74, 6) is 0.656. The van der Waals surface area contributed by atoms with Gasteiger partial charge in [0.1, 0.15) is 5.75 Å². The van der Waals surface area contributed by atoms with Crippen molar-refractivity contribution < 1.29 is 14.3 Å². The minimum absolute atomic E-state index is 0.0113. The number of likely N-dealkylation sites (tertiary alicyclic amines) is 1. The summed E-state index contributed by atoms with van der Waals surface area (Å²) in [6.07, 6.45) is 1.54. The Labute approximate surface area is 151 Å². The van der Waals surface area contributed by atoms with Gasteiger partial charge < -0.3 is 15.0 Å². The van der Waals surface area contributed by atoms with Crippen molar-refractivity contribution in [2.24, 2.45) is 0 Å². The fraction of sp³-hybridized carbons (Fsp3) is 0.368. The third kappa shape index (κ3) is 4.82. The van der Waals surface area contributed by atoms with Gasteiger partial charge in [-0.05, 0) is 43.3 Å². The maximum absolute atomic E-state index is 12.3. The number of ether oxygens (including phenoxy) is 1. The average molecular weight is 358 g/mol. The average Bonchev–Trinajstić information content (AvgIpc) is 3.16. The molecule has 6 heteroatoms. The van der Waals surface area contributed by atoms with Crippen LogP contribution >= 0.6 is 11.3 Å². The van der Waals surface area contributed by atoms with Gasteiger partial charge in [0.15, 0.2) is 6.61 Å². The van der Waals surface area contributed by atoms with Crippen LogP contribution < -0.4 is 10.1 Å². The van der Waals surface area contributed by atoms with Gasteiger partial charge in [0.2, 0.25) is 0 Å². The highest BCUT2D eigenvalue weighted by molar-refractivity contribution is 7.12. The first-order chi connectivity index (χ1) is 12.1. The third-order valence-electron chi connectivity index (χ3n) is 4.27. The molecule has 0 spiro atoms. The standard InChI is InChI=1S/C19H22N2O3S/c1-14-4-6-16(7-5-14)24-13-18(22)20-15-8-10-21(11-9-15)19(23)17-3-2-12-25-17/h2-7,12,15H,8-11,13H2,1H3,(H,20,22). The van der Waals surface area contributed by atoms with Gasteiger partial charge in [-0.3, -0.25) is 9.59 Å². The molecule has 2 heterocycles. The molecule has 0 radical (unpaired) electrons. The van der Waals surface area contributed by atoms with Crippen LogP contribution in [-0.2, 0) is 4.79 Å². The molecule has 3 rings (SSSR count). The number of benzene rings is 1. The lowest BCUT2D eigenvalue weighted by Gasteiger charge is -2.32. The Morgan fingerprint density at radius 2 is 1.92 bits per heavy atom. The van der Waals surface area contributed by atoms with Gasteiger partial charge in [0, 0.05) is 19.1 Å². The number of hydrogen-bond acceptors (Lipinski definition) is 4. The lowest BCUT2D eigenvalue weighted by atomic mass is 10.0. The van der Waals surface area contributed by atoms with E-state index >= 15 is 0 Å². The fourth-order valence-corrected chi connectivity index (χ4v) is 3.53. The molecule has 1 aromatic heterocycles. The van der Waals surface area contributed by atoms with E-state index in [2.05, 4.69) is 5.32 Å². The Kier molecular flexibility index (Phi) is 5.71. The summed E-state index contributed by atoms with van der Waals surface area (Å²) in [6.45, 7) is 3.35. The summed E-state index contributed by atoms with van der Waals surface area (Å²) in [5.41, 5.74) is 1.15. The van der Waals surface area contributed by atoms with Gasteiger partial charge in [-0.1, -0.05) is 23.8 Å². The van der Waals surface area contributed by atoms with Crippen LogP contribution in [0.1, 0.15) is 28.1 Å². The van der Waals surface area contributed by atoms with Crippen molar-refractivity contribution in [2.45, 2.75) is 25.8 Å². The van der Waals surface area contributed by atoms with Crippen molar-refractivity contribution in [1.82, 2.24) is 10.2 Å². The number of nitrogens with zero attached hydrogens (tertiary/aromatic N) is 1. The number of hydrogen-bond donors (Lipinski definition) is 1. The Balaban J connectivity index is 1.40. The molecular formula is C19H22N2O3S. The quantitative estimate of drug-likeness (QED) is 0.894. The minimum Gasteiger partial charge on any atom is -0.484 e. The maximum atomic E-state index is 12.3. The first-order valence-electron chi connectivity index (χ1n) is 8.43. The van der Waals surface area contributed by atoms with Gasteiger partial charge in [-0.2, -0.15) is 0 Å². The van der Waals surface area contributed by atoms with Crippen LogP contribution in [0, 0.1) is 6.92 Å². The predicted molar refractivity (Wildman–Crippen MR) is 98.1 cm³/mol. The topological polar surface area (TPSA) is 58.6 Å². The zero-order valence-electron chi connectivity index (χ0n) is 14.2. The lowest BCUT2D eigenvalue weighted by Crippen LogP contribution is -2.47. The molecule has 1 aliphatic heterocycles. The Bertz CT molecular complexity index is 705. The molecule has 0 unspecified atom stereocenters. The number of amides is 2. The monoisotopic (exact) mass is 358 g/mol.